The van der Waals surface area contributed by atoms with Crippen molar-refractivity contribution in [2.45, 2.75) is 5.41 Å². The molecule has 2 nitrogen and oxygen atoms in total. The molecule has 1 aliphatic heterocycles. The van der Waals surface area contributed by atoms with E-state index in [0.717, 1.165) is 11.3 Å². The Morgan fingerprint density at radius 3 is 2.64 bits per heavy atom. The normalized spacial score (nSPS) is 18.7. The minimum absolute atomic E-state index is 0.0336. The first-order valence-electron chi connectivity index (χ1n) is 4.59. The van der Waals surface area contributed by atoms with Crippen molar-refractivity contribution >= 4 is 11.6 Å². The molecule has 0 aromatic heterocycles. The molecule has 1 aromatic carbocycles. The summed E-state index contributed by atoms with van der Waals surface area (Å²) >= 11 is 5.99. The molecular weight excluding hydrogens is 200 g/mol. The lowest BCUT2D eigenvalue weighted by molar-refractivity contribution is -0.0489. The van der Waals surface area contributed by atoms with E-state index in [-0.39, 0.29) is 5.41 Å². The number of alkyl halides is 1. The molecule has 0 unspecified atom stereocenters. The number of methoxy groups -OCH3 is 1. The molecular formula is C11H13ClO2. The van der Waals surface area contributed by atoms with Crippen LogP contribution >= 0.6 is 11.6 Å². The Labute approximate surface area is 88.8 Å². The highest BCUT2D eigenvalue weighted by atomic mass is 35.5. The molecule has 0 amide bonds. The van der Waals surface area contributed by atoms with E-state index in [1.807, 2.05) is 18.2 Å². The van der Waals surface area contributed by atoms with Gasteiger partial charge in [-0.3, -0.25) is 0 Å². The second kappa shape index (κ2) is 3.79. The highest BCUT2D eigenvalue weighted by Gasteiger charge is 2.41. The average molecular weight is 213 g/mol. The predicted octanol–water partition coefficient (Wildman–Crippen LogP) is 2.20. The van der Waals surface area contributed by atoms with Crippen LogP contribution in [0.3, 0.4) is 0 Å². The monoisotopic (exact) mass is 212 g/mol. The van der Waals surface area contributed by atoms with Crippen molar-refractivity contribution in [1.82, 2.24) is 0 Å². The van der Waals surface area contributed by atoms with Crippen molar-refractivity contribution < 1.29 is 9.47 Å². The Hall–Kier alpha value is -0.730. The number of benzene rings is 1. The molecule has 1 fully saturated rings. The lowest BCUT2D eigenvalue weighted by Crippen LogP contribution is -2.48. The lowest BCUT2D eigenvalue weighted by Gasteiger charge is -2.40. The summed E-state index contributed by atoms with van der Waals surface area (Å²) < 4.78 is 10.6. The van der Waals surface area contributed by atoms with Crippen molar-refractivity contribution in [2.75, 3.05) is 26.2 Å². The van der Waals surface area contributed by atoms with E-state index in [9.17, 15) is 0 Å². The zero-order valence-corrected chi connectivity index (χ0v) is 8.88. The third kappa shape index (κ3) is 1.39. The van der Waals surface area contributed by atoms with Gasteiger partial charge in [-0.25, -0.2) is 0 Å². The van der Waals surface area contributed by atoms with Crippen LogP contribution in [0.2, 0.25) is 0 Å². The largest absolute Gasteiger partial charge is 0.496 e. The number of hydrogen-bond acceptors (Lipinski definition) is 2. The van der Waals surface area contributed by atoms with Gasteiger partial charge in [0.1, 0.15) is 5.75 Å². The highest BCUT2D eigenvalue weighted by Crippen LogP contribution is 2.38. The summed E-state index contributed by atoms with van der Waals surface area (Å²) in [4.78, 5) is 0. The van der Waals surface area contributed by atoms with Crippen LogP contribution in [0.4, 0.5) is 0 Å². The second-order valence-corrected chi connectivity index (χ2v) is 3.87. The minimum atomic E-state index is -0.0336. The molecule has 0 radical (unpaired) electrons. The Kier molecular flexibility index (Phi) is 2.66. The number of ether oxygens (including phenoxy) is 2. The summed E-state index contributed by atoms with van der Waals surface area (Å²) in [6, 6.07) is 7.99. The summed E-state index contributed by atoms with van der Waals surface area (Å²) in [6.45, 7) is 1.38. The maximum atomic E-state index is 5.99. The molecule has 0 N–H and O–H groups in total. The molecule has 0 atom stereocenters. The van der Waals surface area contributed by atoms with Crippen molar-refractivity contribution in [2.24, 2.45) is 0 Å². The van der Waals surface area contributed by atoms with Crippen LogP contribution in [0.1, 0.15) is 5.56 Å². The van der Waals surface area contributed by atoms with Gasteiger partial charge in [0.15, 0.2) is 0 Å². The quantitative estimate of drug-likeness (QED) is 0.716. The molecule has 2 rings (SSSR count). The predicted molar refractivity (Wildman–Crippen MR) is 56.2 cm³/mol. The zero-order valence-electron chi connectivity index (χ0n) is 8.13. The van der Waals surface area contributed by atoms with Gasteiger partial charge in [-0.1, -0.05) is 18.2 Å². The van der Waals surface area contributed by atoms with Crippen molar-refractivity contribution in [3.8, 4) is 5.75 Å². The van der Waals surface area contributed by atoms with Crippen LogP contribution in [0.5, 0.6) is 5.75 Å². The second-order valence-electron chi connectivity index (χ2n) is 3.61. The smallest absolute Gasteiger partial charge is 0.122 e. The van der Waals surface area contributed by atoms with Crippen LogP contribution in [0.25, 0.3) is 0 Å². The lowest BCUT2D eigenvalue weighted by atomic mass is 9.80. The third-order valence-corrected chi connectivity index (χ3v) is 3.20. The van der Waals surface area contributed by atoms with Gasteiger partial charge in [0.2, 0.25) is 0 Å². The molecule has 0 spiro atoms. The summed E-state index contributed by atoms with van der Waals surface area (Å²) in [5, 5.41) is 0. The van der Waals surface area contributed by atoms with Gasteiger partial charge in [0.05, 0.1) is 25.7 Å². The summed E-state index contributed by atoms with van der Waals surface area (Å²) in [5.74, 6) is 1.48. The third-order valence-electron chi connectivity index (χ3n) is 2.69. The van der Waals surface area contributed by atoms with Gasteiger partial charge < -0.3 is 9.47 Å². The fourth-order valence-electron chi connectivity index (χ4n) is 1.74. The molecule has 1 heterocycles. The Morgan fingerprint density at radius 2 is 2.14 bits per heavy atom. The number of rotatable bonds is 3. The molecule has 1 saturated heterocycles. The Morgan fingerprint density at radius 1 is 1.43 bits per heavy atom. The fourth-order valence-corrected chi connectivity index (χ4v) is 2.03. The summed E-state index contributed by atoms with van der Waals surface area (Å²) in [5.41, 5.74) is 1.12. The summed E-state index contributed by atoms with van der Waals surface area (Å²) in [6.07, 6.45) is 0. The number of para-hydroxylation sites is 1. The summed E-state index contributed by atoms with van der Waals surface area (Å²) in [7, 11) is 1.68. The number of hydrogen-bond donors (Lipinski definition) is 0. The van der Waals surface area contributed by atoms with E-state index < -0.39 is 0 Å². The molecule has 1 aromatic rings. The number of halogens is 1. The van der Waals surface area contributed by atoms with E-state index >= 15 is 0 Å². The van der Waals surface area contributed by atoms with E-state index in [1.165, 1.54) is 0 Å². The van der Waals surface area contributed by atoms with Crippen LogP contribution in [-0.2, 0) is 10.2 Å². The van der Waals surface area contributed by atoms with Crippen molar-refractivity contribution in [3.05, 3.63) is 29.8 Å². The Balaban J connectivity index is 2.38. The van der Waals surface area contributed by atoms with Crippen LogP contribution in [0, 0.1) is 0 Å². The molecule has 0 saturated carbocycles. The first-order valence-corrected chi connectivity index (χ1v) is 5.13. The van der Waals surface area contributed by atoms with Gasteiger partial charge in [-0.2, -0.15) is 0 Å². The SMILES string of the molecule is COc1ccccc1C1(CCl)COC1. The molecule has 0 bridgehead atoms. The van der Waals surface area contributed by atoms with E-state index in [1.54, 1.807) is 7.11 Å². The average Bonchev–Trinajstić information content (AvgIpc) is 2.18. The minimum Gasteiger partial charge on any atom is -0.496 e. The Bertz CT molecular complexity index is 315. The topological polar surface area (TPSA) is 18.5 Å². The highest BCUT2D eigenvalue weighted by molar-refractivity contribution is 6.18. The molecule has 0 aliphatic carbocycles. The maximum Gasteiger partial charge on any atom is 0.122 e. The van der Waals surface area contributed by atoms with E-state index in [4.69, 9.17) is 21.1 Å². The van der Waals surface area contributed by atoms with Gasteiger partial charge in [-0.05, 0) is 6.07 Å². The molecule has 76 valence electrons. The van der Waals surface area contributed by atoms with Crippen molar-refractivity contribution in [3.63, 3.8) is 0 Å². The van der Waals surface area contributed by atoms with Gasteiger partial charge >= 0.3 is 0 Å². The fraction of sp³-hybridized carbons (Fsp3) is 0.455. The van der Waals surface area contributed by atoms with Gasteiger partial charge in [0, 0.05) is 11.4 Å². The van der Waals surface area contributed by atoms with E-state index in [0.29, 0.717) is 19.1 Å². The first-order chi connectivity index (χ1) is 6.82. The molecule has 1 aliphatic rings. The van der Waals surface area contributed by atoms with Gasteiger partial charge in [-0.15, -0.1) is 11.6 Å². The standard InChI is InChI=1S/C11H13ClO2/c1-13-10-5-3-2-4-9(10)11(6-12)7-14-8-11/h2-5H,6-8H2,1H3. The zero-order chi connectivity index (χ0) is 10.0. The maximum absolute atomic E-state index is 5.99. The van der Waals surface area contributed by atoms with Crippen LogP contribution in [0.15, 0.2) is 24.3 Å². The van der Waals surface area contributed by atoms with Crippen molar-refractivity contribution in [1.29, 1.82) is 0 Å². The molecule has 3 heteroatoms. The van der Waals surface area contributed by atoms with Crippen LogP contribution in [-0.4, -0.2) is 26.2 Å². The van der Waals surface area contributed by atoms with Gasteiger partial charge in [0.25, 0.3) is 0 Å². The first kappa shape index (κ1) is 9.81. The van der Waals surface area contributed by atoms with E-state index in [2.05, 4.69) is 6.07 Å². The van der Waals surface area contributed by atoms with Crippen LogP contribution < -0.4 is 4.74 Å². The molecule has 14 heavy (non-hydrogen) atoms.